The number of hydrogen-bond donors (Lipinski definition) is 1. The van der Waals surface area contributed by atoms with Gasteiger partial charge in [0.05, 0.1) is 4.92 Å². The summed E-state index contributed by atoms with van der Waals surface area (Å²) in [6, 6.07) is 12.6. The summed E-state index contributed by atoms with van der Waals surface area (Å²) >= 11 is 8.04. The third kappa shape index (κ3) is 3.61. The molecule has 20 heavy (non-hydrogen) atoms. The van der Waals surface area contributed by atoms with E-state index in [0.29, 0.717) is 10.7 Å². The highest BCUT2D eigenvalue weighted by Gasteiger charge is 2.16. The molecule has 0 saturated heterocycles. The zero-order valence-electron chi connectivity index (χ0n) is 10.6. The minimum atomic E-state index is -0.436. The van der Waals surface area contributed by atoms with E-state index in [1.165, 1.54) is 6.07 Å². The molecule has 1 atom stereocenters. The van der Waals surface area contributed by atoms with Crippen molar-refractivity contribution >= 4 is 45.6 Å². The fourth-order valence-corrected chi connectivity index (χ4v) is 2.37. The zero-order chi connectivity index (χ0) is 14.7. The van der Waals surface area contributed by atoms with Crippen LogP contribution in [0.25, 0.3) is 0 Å². The molecule has 6 heteroatoms. The van der Waals surface area contributed by atoms with Crippen LogP contribution < -0.4 is 5.32 Å². The number of halogens is 2. The van der Waals surface area contributed by atoms with Gasteiger partial charge in [-0.15, -0.1) is 0 Å². The van der Waals surface area contributed by atoms with E-state index in [2.05, 4.69) is 27.9 Å². The summed E-state index contributed by atoms with van der Waals surface area (Å²) in [6.07, 6.45) is 0. The smallest absolute Gasteiger partial charge is 0.293 e. The van der Waals surface area contributed by atoms with Gasteiger partial charge in [-0.05, 0) is 59.3 Å². The van der Waals surface area contributed by atoms with Crippen LogP contribution in [0.2, 0.25) is 5.02 Å². The maximum absolute atomic E-state index is 11.0. The molecule has 0 amide bonds. The van der Waals surface area contributed by atoms with Gasteiger partial charge in [-0.25, -0.2) is 0 Å². The highest BCUT2D eigenvalue weighted by Crippen LogP contribution is 2.30. The predicted octanol–water partition coefficient (Wildman–Crippen LogP) is 5.03. The average Bonchev–Trinajstić information content (AvgIpc) is 2.41. The van der Waals surface area contributed by atoms with Gasteiger partial charge in [0.1, 0.15) is 5.69 Å². The summed E-state index contributed by atoms with van der Waals surface area (Å²) in [5.74, 6) is 0. The summed E-state index contributed by atoms with van der Waals surface area (Å²) in [6.45, 7) is 1.96. The first-order valence-electron chi connectivity index (χ1n) is 5.93. The summed E-state index contributed by atoms with van der Waals surface area (Å²) in [7, 11) is 0. The van der Waals surface area contributed by atoms with Crippen LogP contribution in [-0.4, -0.2) is 4.92 Å². The fraction of sp³-hybridized carbons (Fsp3) is 0.143. The molecule has 0 saturated carbocycles. The van der Waals surface area contributed by atoms with Crippen molar-refractivity contribution in [3.05, 3.63) is 66.7 Å². The van der Waals surface area contributed by atoms with Crippen molar-refractivity contribution in [1.29, 1.82) is 0 Å². The van der Waals surface area contributed by atoms with E-state index in [0.717, 1.165) is 9.13 Å². The Morgan fingerprint density at radius 2 is 1.90 bits per heavy atom. The van der Waals surface area contributed by atoms with Gasteiger partial charge in [0.25, 0.3) is 5.69 Å². The van der Waals surface area contributed by atoms with Crippen molar-refractivity contribution < 1.29 is 4.92 Å². The van der Waals surface area contributed by atoms with Gasteiger partial charge in [0.2, 0.25) is 0 Å². The molecule has 1 unspecified atom stereocenters. The van der Waals surface area contributed by atoms with Crippen molar-refractivity contribution in [2.45, 2.75) is 13.0 Å². The van der Waals surface area contributed by atoms with Crippen LogP contribution in [0.4, 0.5) is 11.4 Å². The van der Waals surface area contributed by atoms with Crippen molar-refractivity contribution in [3.63, 3.8) is 0 Å². The Balaban J connectivity index is 2.25. The zero-order valence-corrected chi connectivity index (χ0v) is 13.6. The molecule has 1 N–H and O–H groups in total. The Morgan fingerprint density at radius 3 is 2.50 bits per heavy atom. The van der Waals surface area contributed by atoms with Crippen LogP contribution in [0.15, 0.2) is 42.5 Å². The Bertz CT molecular complexity index is 632. The normalized spacial score (nSPS) is 11.9. The van der Waals surface area contributed by atoms with Crippen LogP contribution in [-0.2, 0) is 0 Å². The Labute approximate surface area is 135 Å². The number of nitro groups is 1. The predicted molar refractivity (Wildman–Crippen MR) is 89.3 cm³/mol. The number of hydrogen-bond acceptors (Lipinski definition) is 3. The molecule has 0 fully saturated rings. The summed E-state index contributed by atoms with van der Waals surface area (Å²) in [5.41, 5.74) is 1.51. The van der Waals surface area contributed by atoms with Gasteiger partial charge in [0, 0.05) is 20.7 Å². The van der Waals surface area contributed by atoms with Gasteiger partial charge >= 0.3 is 0 Å². The highest BCUT2D eigenvalue weighted by atomic mass is 127. The minimum Gasteiger partial charge on any atom is -0.373 e. The molecule has 104 valence electrons. The lowest BCUT2D eigenvalue weighted by atomic mass is 10.1. The summed E-state index contributed by atoms with van der Waals surface area (Å²) in [5, 5.41) is 14.5. The molecule has 4 nitrogen and oxygen atoms in total. The third-order valence-electron chi connectivity index (χ3n) is 2.90. The second-order valence-electron chi connectivity index (χ2n) is 4.34. The molecule has 2 rings (SSSR count). The average molecular weight is 403 g/mol. The van der Waals surface area contributed by atoms with Gasteiger partial charge < -0.3 is 5.32 Å². The van der Waals surface area contributed by atoms with E-state index in [9.17, 15) is 10.1 Å². The van der Waals surface area contributed by atoms with Crippen molar-refractivity contribution in [2.24, 2.45) is 0 Å². The van der Waals surface area contributed by atoms with Gasteiger partial charge in [-0.1, -0.05) is 23.7 Å². The first-order valence-corrected chi connectivity index (χ1v) is 7.39. The van der Waals surface area contributed by atoms with Crippen LogP contribution >= 0.6 is 34.2 Å². The molecule has 0 heterocycles. The maximum atomic E-state index is 11.0. The van der Waals surface area contributed by atoms with E-state index in [1.54, 1.807) is 12.1 Å². The monoisotopic (exact) mass is 402 g/mol. The van der Waals surface area contributed by atoms with Crippen molar-refractivity contribution in [2.75, 3.05) is 5.32 Å². The minimum absolute atomic E-state index is 0.0186. The maximum Gasteiger partial charge on any atom is 0.293 e. The number of anilines is 1. The fourth-order valence-electron chi connectivity index (χ4n) is 1.85. The molecule has 0 aromatic heterocycles. The van der Waals surface area contributed by atoms with E-state index in [1.807, 2.05) is 31.2 Å². The van der Waals surface area contributed by atoms with E-state index < -0.39 is 4.92 Å². The van der Waals surface area contributed by atoms with Crippen LogP contribution in [0, 0.1) is 13.7 Å². The number of nitro benzene ring substituents is 1. The second-order valence-corrected chi connectivity index (χ2v) is 6.02. The van der Waals surface area contributed by atoms with Gasteiger partial charge in [-0.2, -0.15) is 0 Å². The second kappa shape index (κ2) is 6.41. The molecule has 0 aliphatic heterocycles. The van der Waals surface area contributed by atoms with Crippen LogP contribution in [0.1, 0.15) is 18.5 Å². The molecular weight excluding hydrogens is 391 g/mol. The molecule has 0 spiro atoms. The first-order chi connectivity index (χ1) is 9.47. The highest BCUT2D eigenvalue weighted by molar-refractivity contribution is 14.1. The summed E-state index contributed by atoms with van der Waals surface area (Å²) < 4.78 is 1.15. The molecule has 2 aromatic carbocycles. The lowest BCUT2D eigenvalue weighted by Gasteiger charge is -2.16. The number of benzene rings is 2. The lowest BCUT2D eigenvalue weighted by molar-refractivity contribution is -0.384. The number of rotatable bonds is 4. The Hall–Kier alpha value is -1.34. The molecule has 2 aromatic rings. The number of nitrogens with one attached hydrogen (secondary N) is 1. The molecule has 0 aliphatic rings. The van der Waals surface area contributed by atoms with Gasteiger partial charge in [0.15, 0.2) is 0 Å². The van der Waals surface area contributed by atoms with E-state index in [4.69, 9.17) is 11.6 Å². The van der Waals surface area contributed by atoms with Gasteiger partial charge in [-0.3, -0.25) is 10.1 Å². The van der Waals surface area contributed by atoms with Crippen LogP contribution in [0.5, 0.6) is 0 Å². The standard InChI is InChI=1S/C14H12ClIN2O2/c1-9(10-2-5-12(16)6-3-10)17-13-7-4-11(15)8-14(13)18(19)20/h2-9,17H,1H3. The van der Waals surface area contributed by atoms with Crippen LogP contribution in [0.3, 0.4) is 0 Å². The summed E-state index contributed by atoms with van der Waals surface area (Å²) in [4.78, 5) is 10.6. The molecular formula is C14H12ClIN2O2. The molecule has 0 bridgehead atoms. The Morgan fingerprint density at radius 1 is 1.25 bits per heavy atom. The molecule has 0 aliphatic carbocycles. The molecule has 0 radical (unpaired) electrons. The largest absolute Gasteiger partial charge is 0.373 e. The van der Waals surface area contributed by atoms with E-state index >= 15 is 0 Å². The van der Waals surface area contributed by atoms with Crippen molar-refractivity contribution in [1.82, 2.24) is 0 Å². The quantitative estimate of drug-likeness (QED) is 0.443. The lowest BCUT2D eigenvalue weighted by Crippen LogP contribution is -2.08. The van der Waals surface area contributed by atoms with E-state index in [-0.39, 0.29) is 11.7 Å². The number of nitrogens with zero attached hydrogens (tertiary/aromatic N) is 1. The third-order valence-corrected chi connectivity index (χ3v) is 3.85. The topological polar surface area (TPSA) is 55.2 Å². The SMILES string of the molecule is CC(Nc1ccc(Cl)cc1[N+](=O)[O-])c1ccc(I)cc1. The Kier molecular flexibility index (Phi) is 4.82. The first kappa shape index (κ1) is 15.1. The van der Waals surface area contributed by atoms with Crippen molar-refractivity contribution in [3.8, 4) is 0 Å².